The molecule has 3 atom stereocenters. The fourth-order valence-corrected chi connectivity index (χ4v) is 6.62. The Morgan fingerprint density at radius 3 is 2.49 bits per heavy atom. The van der Waals surface area contributed by atoms with Crippen LogP contribution in [0, 0.1) is 16.8 Å². The summed E-state index contributed by atoms with van der Waals surface area (Å²) in [6.07, 6.45) is 2.78. The lowest BCUT2D eigenvalue weighted by Gasteiger charge is -2.40. The van der Waals surface area contributed by atoms with Crippen LogP contribution in [0.15, 0.2) is 42.7 Å². The van der Waals surface area contributed by atoms with Gasteiger partial charge in [0.25, 0.3) is 11.8 Å². The Hall–Kier alpha value is -3.65. The molecule has 5 heterocycles. The van der Waals surface area contributed by atoms with Gasteiger partial charge in [-0.1, -0.05) is 0 Å². The first kappa shape index (κ1) is 31.3. The molecule has 2 aromatic heterocycles. The van der Waals surface area contributed by atoms with E-state index in [0.717, 1.165) is 12.3 Å². The molecule has 1 N–H and O–H groups in total. The summed E-state index contributed by atoms with van der Waals surface area (Å²) in [7, 11) is 0. The van der Waals surface area contributed by atoms with Crippen LogP contribution in [0.25, 0.3) is 0 Å². The molecule has 1 unspecified atom stereocenters. The number of likely N-dealkylation sites (tertiary alicyclic amines) is 2. The van der Waals surface area contributed by atoms with Crippen molar-refractivity contribution in [3.8, 4) is 0 Å². The van der Waals surface area contributed by atoms with Gasteiger partial charge in [0.2, 0.25) is 11.6 Å². The second-order valence-electron chi connectivity index (χ2n) is 12.3. The third-order valence-electron chi connectivity index (χ3n) is 9.29. The number of aromatic nitrogens is 3. The number of pyridine rings is 1. The highest BCUT2D eigenvalue weighted by molar-refractivity contribution is 5.93. The SMILES string of the molecule is C[C@@H](C(=O)Nc1cn2c(n1)CC[C@@H]2c1cc(F)cc(F)c1)N1CCC(F)(F)C(c2cc[n+]([O-])c(CN3CCC(F)(F)CC3)c2)C1. The summed E-state index contributed by atoms with van der Waals surface area (Å²) in [6, 6.07) is 4.97. The minimum absolute atomic E-state index is 0.0335. The number of alkyl halides is 4. The zero-order chi connectivity index (χ0) is 32.1. The van der Waals surface area contributed by atoms with Crippen LogP contribution in [-0.2, 0) is 17.8 Å². The number of aryl methyl sites for hydroxylation is 1. The first-order valence-corrected chi connectivity index (χ1v) is 15.1. The molecule has 0 spiro atoms. The van der Waals surface area contributed by atoms with Gasteiger partial charge in [-0.25, -0.2) is 31.3 Å². The number of fused-ring (bicyclic) bond motifs is 1. The topological polar surface area (TPSA) is 80.3 Å². The van der Waals surface area contributed by atoms with E-state index in [2.05, 4.69) is 10.3 Å². The van der Waals surface area contributed by atoms with Gasteiger partial charge in [-0.3, -0.25) is 14.6 Å². The van der Waals surface area contributed by atoms with Crippen molar-refractivity contribution < 1.29 is 35.9 Å². The van der Waals surface area contributed by atoms with Crippen molar-refractivity contribution in [3.63, 3.8) is 0 Å². The molecule has 242 valence electrons. The minimum atomic E-state index is -3.09. The lowest BCUT2D eigenvalue weighted by atomic mass is 9.86. The van der Waals surface area contributed by atoms with Gasteiger partial charge in [0.1, 0.15) is 17.5 Å². The third kappa shape index (κ3) is 6.67. The van der Waals surface area contributed by atoms with Gasteiger partial charge >= 0.3 is 0 Å². The summed E-state index contributed by atoms with van der Waals surface area (Å²) in [5, 5.41) is 15.2. The average molecular weight is 637 g/mol. The number of piperidine rings is 2. The molecule has 3 aliphatic heterocycles. The summed E-state index contributed by atoms with van der Waals surface area (Å²) < 4.78 is 87.7. The van der Waals surface area contributed by atoms with Crippen LogP contribution in [-0.4, -0.2) is 69.3 Å². The number of rotatable bonds is 7. The summed E-state index contributed by atoms with van der Waals surface area (Å²) >= 11 is 0. The van der Waals surface area contributed by atoms with Crippen molar-refractivity contribution in [3.05, 3.63) is 82.2 Å². The summed E-state index contributed by atoms with van der Waals surface area (Å²) in [5.41, 5.74) is 0.898. The van der Waals surface area contributed by atoms with Gasteiger partial charge in [-0.15, -0.1) is 0 Å². The number of nitrogens with one attached hydrogen (secondary N) is 1. The van der Waals surface area contributed by atoms with Crippen LogP contribution in [0.4, 0.5) is 32.2 Å². The quantitative estimate of drug-likeness (QED) is 0.224. The molecule has 3 aliphatic rings. The van der Waals surface area contributed by atoms with Crippen LogP contribution >= 0.6 is 0 Å². The molecule has 0 bridgehead atoms. The molecule has 6 rings (SSSR count). The lowest BCUT2D eigenvalue weighted by Crippen LogP contribution is -2.52. The maximum absolute atomic E-state index is 15.3. The Morgan fingerprint density at radius 1 is 1.07 bits per heavy atom. The first-order chi connectivity index (χ1) is 21.3. The number of benzene rings is 1. The Labute approximate surface area is 256 Å². The smallest absolute Gasteiger partial charge is 0.257 e. The largest absolute Gasteiger partial charge is 0.618 e. The van der Waals surface area contributed by atoms with E-state index in [0.29, 0.717) is 29.0 Å². The summed E-state index contributed by atoms with van der Waals surface area (Å²) in [6.45, 7) is 1.70. The predicted octanol–water partition coefficient (Wildman–Crippen LogP) is 5.01. The zero-order valence-electron chi connectivity index (χ0n) is 24.7. The molecule has 8 nitrogen and oxygen atoms in total. The highest BCUT2D eigenvalue weighted by Crippen LogP contribution is 2.41. The lowest BCUT2D eigenvalue weighted by molar-refractivity contribution is -0.615. The molecule has 1 aromatic carbocycles. The molecule has 0 saturated carbocycles. The number of halogens is 6. The van der Waals surface area contributed by atoms with E-state index in [4.69, 9.17) is 0 Å². The number of amides is 1. The van der Waals surface area contributed by atoms with Crippen molar-refractivity contribution >= 4 is 11.7 Å². The third-order valence-corrected chi connectivity index (χ3v) is 9.29. The molecular weight excluding hydrogens is 602 g/mol. The Kier molecular flexibility index (Phi) is 8.31. The van der Waals surface area contributed by atoms with E-state index >= 15 is 8.78 Å². The second kappa shape index (κ2) is 11.9. The van der Waals surface area contributed by atoms with Crippen LogP contribution in [0.5, 0.6) is 0 Å². The molecule has 3 aromatic rings. The van der Waals surface area contributed by atoms with Crippen LogP contribution in [0.2, 0.25) is 0 Å². The maximum Gasteiger partial charge on any atom is 0.257 e. The van der Waals surface area contributed by atoms with E-state index in [-0.39, 0.29) is 68.7 Å². The van der Waals surface area contributed by atoms with E-state index in [1.807, 2.05) is 0 Å². The highest BCUT2D eigenvalue weighted by Gasteiger charge is 2.47. The van der Waals surface area contributed by atoms with Gasteiger partial charge in [-0.2, -0.15) is 4.73 Å². The molecular formula is C31H34F6N6O2. The molecule has 2 saturated heterocycles. The maximum atomic E-state index is 15.3. The fraction of sp³-hybridized carbons (Fsp3) is 0.516. The van der Waals surface area contributed by atoms with Crippen molar-refractivity contribution in [2.24, 2.45) is 0 Å². The van der Waals surface area contributed by atoms with Crippen molar-refractivity contribution in [2.75, 3.05) is 31.5 Å². The number of carbonyl (C=O) groups is 1. The van der Waals surface area contributed by atoms with Gasteiger partial charge < -0.3 is 15.1 Å². The molecule has 2 fully saturated rings. The zero-order valence-corrected chi connectivity index (χ0v) is 24.7. The standard InChI is InChI=1S/C31H34F6N6O2/c1-19(29(44)39-27-18-42-26(2-3-28(42)38-27)21-12-22(32)15-23(33)13-21)41-11-7-31(36,37)25(17-41)20-4-8-43(45)24(14-20)16-40-9-5-30(34,35)6-10-40/h4,8,12-15,18-19,25-26H,2-3,5-7,9-11,16-17H2,1H3,(H,39,44)/t19-,25?,26+/m0/s1. The minimum Gasteiger partial charge on any atom is -0.618 e. The molecule has 0 aliphatic carbocycles. The van der Waals surface area contributed by atoms with Crippen LogP contribution in [0.3, 0.4) is 0 Å². The van der Waals surface area contributed by atoms with Gasteiger partial charge in [0, 0.05) is 76.3 Å². The number of anilines is 1. The van der Waals surface area contributed by atoms with Crippen molar-refractivity contribution in [1.29, 1.82) is 0 Å². The summed E-state index contributed by atoms with van der Waals surface area (Å²) in [5.74, 6) is -8.04. The normalized spacial score (nSPS) is 23.9. The van der Waals surface area contributed by atoms with E-state index in [9.17, 15) is 27.6 Å². The fourth-order valence-electron chi connectivity index (χ4n) is 6.62. The summed E-state index contributed by atoms with van der Waals surface area (Å²) in [4.78, 5) is 21.1. The monoisotopic (exact) mass is 636 g/mol. The molecule has 1 amide bonds. The van der Waals surface area contributed by atoms with E-state index < -0.39 is 47.8 Å². The van der Waals surface area contributed by atoms with Gasteiger partial charge in [0.05, 0.1) is 24.5 Å². The van der Waals surface area contributed by atoms with Gasteiger partial charge in [-0.05, 0) is 36.6 Å². The van der Waals surface area contributed by atoms with Gasteiger partial charge in [0.15, 0.2) is 12.0 Å². The van der Waals surface area contributed by atoms with E-state index in [1.165, 1.54) is 24.3 Å². The number of nitrogens with zero attached hydrogens (tertiary/aromatic N) is 5. The Morgan fingerprint density at radius 2 is 1.78 bits per heavy atom. The van der Waals surface area contributed by atoms with Crippen LogP contribution < -0.4 is 10.0 Å². The molecule has 0 radical (unpaired) electrons. The number of carbonyl (C=O) groups excluding carboxylic acids is 1. The van der Waals surface area contributed by atoms with E-state index in [1.54, 1.807) is 27.5 Å². The average Bonchev–Trinajstić information content (AvgIpc) is 3.55. The molecule has 45 heavy (non-hydrogen) atoms. The van der Waals surface area contributed by atoms with Crippen molar-refractivity contribution in [2.45, 2.75) is 75.4 Å². The highest BCUT2D eigenvalue weighted by atomic mass is 19.3. The second-order valence-corrected chi connectivity index (χ2v) is 12.3. The number of imidazole rings is 1. The predicted molar refractivity (Wildman–Crippen MR) is 152 cm³/mol. The Bertz CT molecular complexity index is 1550. The van der Waals surface area contributed by atoms with Crippen molar-refractivity contribution in [1.82, 2.24) is 19.4 Å². The Balaban J connectivity index is 1.13. The first-order valence-electron chi connectivity index (χ1n) is 15.1. The number of hydrogen-bond donors (Lipinski definition) is 1. The molecule has 14 heteroatoms. The number of hydrogen-bond acceptors (Lipinski definition) is 5. The van der Waals surface area contributed by atoms with Crippen LogP contribution in [0.1, 0.15) is 67.2 Å².